The summed E-state index contributed by atoms with van der Waals surface area (Å²) in [4.78, 5) is 7.33. The lowest BCUT2D eigenvalue weighted by molar-refractivity contribution is 0.463. The molecule has 31 heavy (non-hydrogen) atoms. The van der Waals surface area contributed by atoms with E-state index in [0.29, 0.717) is 12.6 Å². The van der Waals surface area contributed by atoms with Crippen molar-refractivity contribution in [3.8, 4) is 0 Å². The van der Waals surface area contributed by atoms with Crippen molar-refractivity contribution < 1.29 is 0 Å². The lowest BCUT2D eigenvalue weighted by Gasteiger charge is -2.33. The minimum absolute atomic E-state index is 0. The topological polar surface area (TPSA) is 57.5 Å². The zero-order valence-electron chi connectivity index (χ0n) is 17.9. The highest BCUT2D eigenvalue weighted by molar-refractivity contribution is 14.0. The standard InChI is InChI=1S/C23H30N6S.HI/c1-2-24-23(27-21-9-13-28(14-10-21)22-8-4-15-30-22)25-17-19-6-3-7-20(16-19)18-29-12-5-11-26-29;/h3-8,11-12,15-16,21H,2,9-10,13-14,17-18H2,1H3,(H2,24,25,27);1H. The van der Waals surface area contributed by atoms with Crippen molar-refractivity contribution in [2.75, 3.05) is 24.5 Å². The van der Waals surface area contributed by atoms with Gasteiger partial charge in [-0.3, -0.25) is 4.68 Å². The average Bonchev–Trinajstić information content (AvgIpc) is 3.48. The van der Waals surface area contributed by atoms with Crippen LogP contribution in [0.5, 0.6) is 0 Å². The molecule has 2 N–H and O–H groups in total. The first-order chi connectivity index (χ1) is 14.8. The molecule has 0 amide bonds. The minimum Gasteiger partial charge on any atom is -0.363 e. The Kier molecular flexibility index (Phi) is 9.20. The summed E-state index contributed by atoms with van der Waals surface area (Å²) in [7, 11) is 0. The summed E-state index contributed by atoms with van der Waals surface area (Å²) in [6.07, 6.45) is 6.05. The van der Waals surface area contributed by atoms with Crippen LogP contribution in [-0.4, -0.2) is 41.4 Å². The Balaban J connectivity index is 0.00000272. The van der Waals surface area contributed by atoms with Crippen LogP contribution in [0.3, 0.4) is 0 Å². The van der Waals surface area contributed by atoms with Crippen LogP contribution >= 0.6 is 35.3 Å². The highest BCUT2D eigenvalue weighted by Gasteiger charge is 2.20. The molecule has 1 aromatic carbocycles. The molecule has 0 saturated carbocycles. The number of nitrogens with one attached hydrogen (secondary N) is 2. The van der Waals surface area contributed by atoms with Gasteiger partial charge < -0.3 is 15.5 Å². The molecule has 0 spiro atoms. The Morgan fingerprint density at radius 3 is 2.71 bits per heavy atom. The van der Waals surface area contributed by atoms with Crippen LogP contribution in [-0.2, 0) is 13.1 Å². The molecule has 4 rings (SSSR count). The first kappa shape index (κ1) is 23.6. The molecule has 166 valence electrons. The summed E-state index contributed by atoms with van der Waals surface area (Å²) in [5, 5.41) is 14.9. The highest BCUT2D eigenvalue weighted by Crippen LogP contribution is 2.24. The second-order valence-corrected chi connectivity index (χ2v) is 8.50. The third kappa shape index (κ3) is 6.96. The van der Waals surface area contributed by atoms with Crippen LogP contribution in [0.4, 0.5) is 5.00 Å². The summed E-state index contributed by atoms with van der Waals surface area (Å²) in [6, 6.07) is 15.4. The molecular weight excluding hydrogens is 519 g/mol. The second-order valence-electron chi connectivity index (χ2n) is 7.58. The Labute approximate surface area is 205 Å². The van der Waals surface area contributed by atoms with E-state index >= 15 is 0 Å². The van der Waals surface area contributed by atoms with Gasteiger partial charge in [-0.15, -0.1) is 35.3 Å². The third-order valence-corrected chi connectivity index (χ3v) is 6.24. The predicted molar refractivity (Wildman–Crippen MR) is 141 cm³/mol. The summed E-state index contributed by atoms with van der Waals surface area (Å²) in [6.45, 7) is 6.60. The van der Waals surface area contributed by atoms with Crippen LogP contribution in [0.25, 0.3) is 0 Å². The fourth-order valence-corrected chi connectivity index (χ4v) is 4.57. The van der Waals surface area contributed by atoms with Gasteiger partial charge in [-0.2, -0.15) is 5.10 Å². The zero-order chi connectivity index (χ0) is 20.6. The quantitative estimate of drug-likeness (QED) is 0.261. The van der Waals surface area contributed by atoms with Crippen LogP contribution in [0, 0.1) is 0 Å². The lowest BCUT2D eigenvalue weighted by atomic mass is 10.1. The van der Waals surface area contributed by atoms with Crippen molar-refractivity contribution in [1.29, 1.82) is 0 Å². The number of aliphatic imine (C=N–C) groups is 1. The smallest absolute Gasteiger partial charge is 0.191 e. The number of guanidine groups is 1. The fourth-order valence-electron chi connectivity index (χ4n) is 3.79. The van der Waals surface area contributed by atoms with Gasteiger partial charge in [0.15, 0.2) is 5.96 Å². The van der Waals surface area contributed by atoms with Gasteiger partial charge >= 0.3 is 0 Å². The van der Waals surface area contributed by atoms with E-state index in [0.717, 1.165) is 45.0 Å². The Bertz CT molecular complexity index is 917. The van der Waals surface area contributed by atoms with Gasteiger partial charge in [-0.1, -0.05) is 24.3 Å². The van der Waals surface area contributed by atoms with Crippen molar-refractivity contribution in [3.05, 3.63) is 71.4 Å². The number of rotatable bonds is 7. The van der Waals surface area contributed by atoms with Crippen molar-refractivity contribution in [2.45, 2.75) is 38.9 Å². The molecule has 0 atom stereocenters. The van der Waals surface area contributed by atoms with Crippen molar-refractivity contribution in [2.24, 2.45) is 4.99 Å². The predicted octanol–water partition coefficient (Wildman–Crippen LogP) is 4.34. The fraction of sp³-hybridized carbons (Fsp3) is 0.391. The maximum Gasteiger partial charge on any atom is 0.191 e. The first-order valence-electron chi connectivity index (χ1n) is 10.7. The Morgan fingerprint density at radius 2 is 2.00 bits per heavy atom. The number of hydrogen-bond acceptors (Lipinski definition) is 4. The van der Waals surface area contributed by atoms with Crippen molar-refractivity contribution in [1.82, 2.24) is 20.4 Å². The van der Waals surface area contributed by atoms with Crippen LogP contribution in [0.1, 0.15) is 30.9 Å². The second kappa shape index (κ2) is 12.1. The minimum atomic E-state index is 0. The molecule has 0 aliphatic carbocycles. The molecule has 1 fully saturated rings. The van der Waals surface area contributed by atoms with Crippen LogP contribution in [0.2, 0.25) is 0 Å². The van der Waals surface area contributed by atoms with E-state index in [1.165, 1.54) is 16.1 Å². The average molecular weight is 551 g/mol. The lowest BCUT2D eigenvalue weighted by Crippen LogP contribution is -2.48. The highest BCUT2D eigenvalue weighted by atomic mass is 127. The molecular formula is C23H31IN6S. The van der Waals surface area contributed by atoms with E-state index in [2.05, 4.69) is 69.3 Å². The van der Waals surface area contributed by atoms with E-state index in [9.17, 15) is 0 Å². The molecule has 1 saturated heterocycles. The molecule has 0 bridgehead atoms. The van der Waals surface area contributed by atoms with Gasteiger partial charge in [-0.05, 0) is 54.5 Å². The van der Waals surface area contributed by atoms with Gasteiger partial charge in [0.25, 0.3) is 0 Å². The van der Waals surface area contributed by atoms with E-state index in [1.54, 1.807) is 0 Å². The van der Waals surface area contributed by atoms with Crippen LogP contribution in [0.15, 0.2) is 65.2 Å². The number of piperidine rings is 1. The number of halogens is 1. The first-order valence-corrected chi connectivity index (χ1v) is 11.6. The van der Waals surface area contributed by atoms with Crippen molar-refractivity contribution >= 4 is 46.3 Å². The molecule has 1 aliphatic heterocycles. The molecule has 3 heterocycles. The van der Waals surface area contributed by atoms with Crippen LogP contribution < -0.4 is 15.5 Å². The zero-order valence-corrected chi connectivity index (χ0v) is 21.1. The SMILES string of the molecule is CCNC(=NCc1cccc(Cn2cccn2)c1)NC1CCN(c2cccs2)CC1.I. The number of anilines is 1. The Morgan fingerprint density at radius 1 is 1.16 bits per heavy atom. The molecule has 8 heteroatoms. The van der Waals surface area contributed by atoms with E-state index in [4.69, 9.17) is 4.99 Å². The largest absolute Gasteiger partial charge is 0.363 e. The Hall–Kier alpha value is -2.07. The van der Waals surface area contributed by atoms with E-state index in [1.807, 2.05) is 34.5 Å². The third-order valence-electron chi connectivity index (χ3n) is 5.31. The summed E-state index contributed by atoms with van der Waals surface area (Å²) in [5.74, 6) is 0.907. The maximum absolute atomic E-state index is 4.85. The van der Waals surface area contributed by atoms with Gasteiger partial charge in [0.05, 0.1) is 18.1 Å². The van der Waals surface area contributed by atoms with E-state index in [-0.39, 0.29) is 24.0 Å². The molecule has 2 aromatic heterocycles. The molecule has 1 aliphatic rings. The van der Waals surface area contributed by atoms with Crippen molar-refractivity contribution in [3.63, 3.8) is 0 Å². The van der Waals surface area contributed by atoms with E-state index < -0.39 is 0 Å². The number of benzene rings is 1. The maximum atomic E-state index is 4.85. The number of hydrogen-bond donors (Lipinski definition) is 2. The normalized spacial score (nSPS) is 14.9. The number of aromatic nitrogens is 2. The van der Waals surface area contributed by atoms with Gasteiger partial charge in [0, 0.05) is 38.1 Å². The molecule has 0 radical (unpaired) electrons. The van der Waals surface area contributed by atoms with Gasteiger partial charge in [-0.25, -0.2) is 4.99 Å². The van der Waals surface area contributed by atoms with Gasteiger partial charge in [0.2, 0.25) is 0 Å². The molecule has 3 aromatic rings. The molecule has 6 nitrogen and oxygen atoms in total. The number of nitrogens with zero attached hydrogens (tertiary/aromatic N) is 4. The number of thiophene rings is 1. The molecule has 0 unspecified atom stereocenters. The summed E-state index contributed by atoms with van der Waals surface area (Å²) in [5.41, 5.74) is 2.45. The monoisotopic (exact) mass is 550 g/mol. The van der Waals surface area contributed by atoms with Gasteiger partial charge in [0.1, 0.15) is 0 Å². The summed E-state index contributed by atoms with van der Waals surface area (Å²) < 4.78 is 1.94. The summed E-state index contributed by atoms with van der Waals surface area (Å²) >= 11 is 1.82.